The molecule has 2 saturated heterocycles. The Bertz CT molecular complexity index is 1150. The zero-order valence-electron chi connectivity index (χ0n) is 21.2. The minimum Gasteiger partial charge on any atom is -0.465 e. The number of rotatable bonds is 5. The van der Waals surface area contributed by atoms with Gasteiger partial charge in [0.15, 0.2) is 0 Å². The van der Waals surface area contributed by atoms with Gasteiger partial charge in [-0.3, -0.25) is 14.4 Å². The summed E-state index contributed by atoms with van der Waals surface area (Å²) in [6, 6.07) is 4.46. The van der Waals surface area contributed by atoms with E-state index >= 15 is 0 Å². The van der Waals surface area contributed by atoms with Crippen LogP contribution in [0.3, 0.4) is 0 Å². The molecule has 1 aromatic rings. The van der Waals surface area contributed by atoms with Crippen molar-refractivity contribution >= 4 is 35.1 Å². The maximum atomic E-state index is 14.4. The maximum Gasteiger partial charge on any atom is 0.313 e. The van der Waals surface area contributed by atoms with Crippen LogP contribution in [0.4, 0.5) is 5.69 Å². The number of halogens is 1. The van der Waals surface area contributed by atoms with Gasteiger partial charge in [0.2, 0.25) is 5.91 Å². The number of benzene rings is 1. The highest BCUT2D eigenvalue weighted by molar-refractivity contribution is 6.34. The van der Waals surface area contributed by atoms with E-state index in [0.29, 0.717) is 30.0 Å². The van der Waals surface area contributed by atoms with E-state index in [2.05, 4.69) is 0 Å². The molecular weight excluding hydrogens is 496 g/mol. The summed E-state index contributed by atoms with van der Waals surface area (Å²) in [4.78, 5) is 45.1. The van der Waals surface area contributed by atoms with Crippen LogP contribution in [-0.4, -0.2) is 71.3 Å². The van der Waals surface area contributed by atoms with Gasteiger partial charge in [-0.05, 0) is 51.2 Å². The maximum absolute atomic E-state index is 14.4. The summed E-state index contributed by atoms with van der Waals surface area (Å²) in [5.41, 5.74) is -1.04. The van der Waals surface area contributed by atoms with Crippen molar-refractivity contribution in [2.75, 3.05) is 31.2 Å². The van der Waals surface area contributed by atoms with Crippen LogP contribution < -0.4 is 4.90 Å². The molecule has 2 fully saturated rings. The number of esters is 1. The lowest BCUT2D eigenvalue weighted by molar-refractivity contribution is -0.158. The molecule has 9 heteroatoms. The number of nitrogens with zero attached hydrogens (tertiary/aromatic N) is 2. The first-order chi connectivity index (χ1) is 17.7. The monoisotopic (exact) mass is 528 g/mol. The molecule has 0 aliphatic carbocycles. The van der Waals surface area contributed by atoms with Gasteiger partial charge < -0.3 is 24.4 Å². The quantitative estimate of drug-likeness (QED) is 0.358. The Morgan fingerprint density at radius 3 is 2.68 bits per heavy atom. The average Bonchev–Trinajstić information content (AvgIpc) is 3.20. The molecule has 198 valence electrons. The molecule has 1 N–H and O–H groups in total. The summed E-state index contributed by atoms with van der Waals surface area (Å²) in [5.74, 6) is -2.92. The Balaban J connectivity index is 1.65. The fraction of sp³-hybridized carbons (Fsp3) is 0.536. The van der Waals surface area contributed by atoms with Gasteiger partial charge in [-0.2, -0.15) is 0 Å². The van der Waals surface area contributed by atoms with Crippen LogP contribution in [0.15, 0.2) is 42.5 Å². The van der Waals surface area contributed by atoms with Crippen molar-refractivity contribution in [2.45, 2.75) is 56.8 Å². The molecule has 1 spiro atoms. The van der Waals surface area contributed by atoms with Crippen molar-refractivity contribution in [2.24, 2.45) is 11.8 Å². The third kappa shape index (κ3) is 4.10. The highest BCUT2D eigenvalue weighted by Crippen LogP contribution is 2.57. The average molecular weight is 529 g/mol. The molecule has 4 aliphatic heterocycles. The van der Waals surface area contributed by atoms with Crippen molar-refractivity contribution in [3.8, 4) is 0 Å². The first-order valence-electron chi connectivity index (χ1n) is 13.0. The SMILES string of the molecule is Cc1cccc(Cl)c1N1CC=C[C@]23O[C@@]4(C)/C=C\CCCOC(=O)[C@H]4[C@H]2C(=O)N(CCCCO)C3C1=O. The summed E-state index contributed by atoms with van der Waals surface area (Å²) in [6.07, 6.45) is 9.87. The molecule has 4 heterocycles. The summed E-state index contributed by atoms with van der Waals surface area (Å²) >= 11 is 6.57. The molecule has 5 atom stereocenters. The number of likely N-dealkylation sites (tertiary alicyclic amines) is 1. The Morgan fingerprint density at radius 2 is 1.92 bits per heavy atom. The predicted octanol–water partition coefficient (Wildman–Crippen LogP) is 3.19. The van der Waals surface area contributed by atoms with Crippen molar-refractivity contribution in [1.82, 2.24) is 4.90 Å². The molecule has 8 nitrogen and oxygen atoms in total. The van der Waals surface area contributed by atoms with Gasteiger partial charge in [-0.25, -0.2) is 0 Å². The number of carbonyl (C=O) groups excluding carboxylic acids is 3. The molecule has 0 radical (unpaired) electrons. The lowest BCUT2D eigenvalue weighted by Gasteiger charge is -2.37. The number of ether oxygens (including phenoxy) is 2. The standard InChI is InChI=1S/C28H33ClN2O6/c1-18-10-8-11-19(29)22(18)30-15-9-13-28-20(24(33)31(14-5-6-16-32)23(28)25(30)34)21-26(35)36-17-7-3-4-12-27(21,2)37-28/h4,8-13,20-21,23,32H,3,5-7,14-17H2,1-2H3/b12-4-/t20-,21+,23?,27-,28-/m0/s1. The number of anilines is 1. The van der Waals surface area contributed by atoms with Gasteiger partial charge in [0.25, 0.3) is 5.91 Å². The van der Waals surface area contributed by atoms with E-state index < -0.39 is 35.0 Å². The van der Waals surface area contributed by atoms with E-state index in [1.54, 1.807) is 22.8 Å². The van der Waals surface area contributed by atoms with Crippen molar-refractivity contribution < 1.29 is 29.0 Å². The molecule has 1 aromatic carbocycles. The number of unbranched alkanes of at least 4 members (excludes halogenated alkanes) is 1. The molecule has 5 rings (SSSR count). The van der Waals surface area contributed by atoms with Crippen molar-refractivity contribution in [1.29, 1.82) is 0 Å². The fourth-order valence-electron chi connectivity index (χ4n) is 6.43. The predicted molar refractivity (Wildman–Crippen MR) is 138 cm³/mol. The zero-order chi connectivity index (χ0) is 26.4. The fourth-order valence-corrected chi connectivity index (χ4v) is 6.76. The molecule has 0 saturated carbocycles. The van der Waals surface area contributed by atoms with Crippen molar-refractivity contribution in [3.05, 3.63) is 53.1 Å². The van der Waals surface area contributed by atoms with Gasteiger partial charge >= 0.3 is 5.97 Å². The van der Waals surface area contributed by atoms with Crippen LogP contribution >= 0.6 is 11.6 Å². The Hall–Kier alpha value is -2.68. The van der Waals surface area contributed by atoms with Crippen LogP contribution in [0.25, 0.3) is 0 Å². The normalized spacial score (nSPS) is 34.2. The summed E-state index contributed by atoms with van der Waals surface area (Å²) in [5, 5.41) is 9.80. The number of allylic oxidation sites excluding steroid dienone is 1. The highest BCUT2D eigenvalue weighted by atomic mass is 35.5. The smallest absolute Gasteiger partial charge is 0.313 e. The minimum atomic E-state index is -1.35. The molecule has 0 aromatic heterocycles. The molecule has 0 bridgehead atoms. The number of cyclic esters (lactones) is 1. The number of fused-ring (bicyclic) bond motifs is 2. The first kappa shape index (κ1) is 25.9. The van der Waals surface area contributed by atoms with E-state index in [-0.39, 0.29) is 38.1 Å². The number of hydrogen-bond donors (Lipinski definition) is 1. The minimum absolute atomic E-state index is 0.0195. The summed E-state index contributed by atoms with van der Waals surface area (Å²) in [7, 11) is 0. The van der Waals surface area contributed by atoms with E-state index in [1.807, 2.05) is 43.4 Å². The van der Waals surface area contributed by atoms with E-state index in [1.165, 1.54) is 0 Å². The molecule has 4 aliphatic rings. The topological polar surface area (TPSA) is 96.4 Å². The lowest BCUT2D eigenvalue weighted by atomic mass is 9.74. The largest absolute Gasteiger partial charge is 0.465 e. The first-order valence-corrected chi connectivity index (χ1v) is 13.3. The Morgan fingerprint density at radius 1 is 1.11 bits per heavy atom. The lowest BCUT2D eigenvalue weighted by Crippen LogP contribution is -2.56. The molecular formula is C28H33ClN2O6. The van der Waals surface area contributed by atoms with Crippen molar-refractivity contribution in [3.63, 3.8) is 0 Å². The zero-order valence-corrected chi connectivity index (χ0v) is 21.9. The third-order valence-electron chi connectivity index (χ3n) is 8.02. The third-order valence-corrected chi connectivity index (χ3v) is 8.32. The second kappa shape index (κ2) is 9.89. The van der Waals surface area contributed by atoms with Gasteiger partial charge in [-0.1, -0.05) is 48.0 Å². The second-order valence-corrected chi connectivity index (χ2v) is 10.8. The molecule has 37 heavy (non-hydrogen) atoms. The Labute approximate surface area is 221 Å². The number of carbonyl (C=O) groups is 3. The second-order valence-electron chi connectivity index (χ2n) is 10.4. The van der Waals surface area contributed by atoms with E-state index in [0.717, 1.165) is 12.0 Å². The van der Waals surface area contributed by atoms with Crippen LogP contribution in [0.5, 0.6) is 0 Å². The van der Waals surface area contributed by atoms with Crippen LogP contribution in [0, 0.1) is 18.8 Å². The molecule has 2 amide bonds. The van der Waals surface area contributed by atoms with Crippen LogP contribution in [0.1, 0.15) is 38.2 Å². The van der Waals surface area contributed by atoms with Gasteiger partial charge in [0, 0.05) is 19.7 Å². The Kier molecular flexibility index (Phi) is 6.94. The summed E-state index contributed by atoms with van der Waals surface area (Å²) < 4.78 is 12.4. The number of aliphatic hydroxyl groups excluding tert-OH is 1. The molecule has 1 unspecified atom stereocenters. The number of amides is 2. The summed E-state index contributed by atoms with van der Waals surface area (Å²) in [6.45, 7) is 4.44. The van der Waals surface area contributed by atoms with Gasteiger partial charge in [0.05, 0.1) is 28.8 Å². The van der Waals surface area contributed by atoms with Crippen LogP contribution in [-0.2, 0) is 23.9 Å². The number of aryl methyl sites for hydroxylation is 1. The van der Waals surface area contributed by atoms with Crippen LogP contribution in [0.2, 0.25) is 5.02 Å². The van der Waals surface area contributed by atoms with Gasteiger partial charge in [-0.15, -0.1) is 0 Å². The number of para-hydroxylation sites is 1. The van der Waals surface area contributed by atoms with E-state index in [4.69, 9.17) is 21.1 Å². The highest BCUT2D eigenvalue weighted by Gasteiger charge is 2.74. The number of hydrogen-bond acceptors (Lipinski definition) is 6. The van der Waals surface area contributed by atoms with Gasteiger partial charge in [0.1, 0.15) is 17.6 Å². The van der Waals surface area contributed by atoms with E-state index in [9.17, 15) is 19.5 Å². The number of aliphatic hydroxyl groups is 1.